The molecule has 0 saturated carbocycles. The first-order chi connectivity index (χ1) is 29.5. The molecule has 60 heavy (non-hydrogen) atoms. The average Bonchev–Trinajstić information content (AvgIpc) is 3.75. The molecule has 0 radical (unpaired) electrons. The Bertz CT molecular complexity index is 3270. The maximum atomic E-state index is 5.19. The monoisotopic (exact) mass is 802 g/mol. The van der Waals surface area contributed by atoms with Crippen molar-refractivity contribution in [1.82, 2.24) is 9.55 Å². The van der Waals surface area contributed by atoms with Crippen LogP contribution in [0.5, 0.6) is 0 Å². The van der Waals surface area contributed by atoms with Gasteiger partial charge in [-0.1, -0.05) is 159 Å². The number of hydrogen-bond donors (Lipinski definition) is 0. The summed E-state index contributed by atoms with van der Waals surface area (Å²) in [4.78, 5) is 10.6. The molecule has 0 bridgehead atoms. The van der Waals surface area contributed by atoms with Crippen LogP contribution in [-0.2, 0) is 5.41 Å². The number of benzene rings is 8. The van der Waals surface area contributed by atoms with Crippen molar-refractivity contribution in [2.24, 2.45) is 0 Å². The summed E-state index contributed by atoms with van der Waals surface area (Å²) in [5.41, 5.74) is 17.9. The third-order valence-electron chi connectivity index (χ3n) is 12.5. The SMILES string of the molecule is CC1(C)c2cc(-c3ccc4c(c3)c3ccccc3n4-c3ccc(-c4cc(-c5ccccc5)cc(-c5ccccc5)n4)cc3)ccc2-c2cc3c(cc21)Sc1ccccc1S3. The van der Waals surface area contributed by atoms with Gasteiger partial charge in [-0.05, 0) is 117 Å². The minimum Gasteiger partial charge on any atom is -0.309 e. The smallest absolute Gasteiger partial charge is 0.0715 e. The van der Waals surface area contributed by atoms with Gasteiger partial charge in [-0.15, -0.1) is 0 Å². The van der Waals surface area contributed by atoms with Crippen LogP contribution in [0.25, 0.3) is 83.4 Å². The van der Waals surface area contributed by atoms with Crippen molar-refractivity contribution in [3.63, 3.8) is 0 Å². The first kappa shape index (κ1) is 35.4. The summed E-state index contributed by atoms with van der Waals surface area (Å²) < 4.78 is 2.40. The summed E-state index contributed by atoms with van der Waals surface area (Å²) in [5, 5.41) is 2.50. The van der Waals surface area contributed by atoms with E-state index in [-0.39, 0.29) is 5.41 Å². The third kappa shape index (κ3) is 5.70. The topological polar surface area (TPSA) is 17.8 Å². The molecule has 2 nitrogen and oxygen atoms in total. The zero-order chi connectivity index (χ0) is 40.0. The minimum atomic E-state index is -0.105. The fourth-order valence-corrected chi connectivity index (χ4v) is 11.7. The predicted octanol–water partition coefficient (Wildman–Crippen LogP) is 15.8. The summed E-state index contributed by atoms with van der Waals surface area (Å²) in [6.07, 6.45) is 0. The highest BCUT2D eigenvalue weighted by molar-refractivity contribution is 8.05. The number of para-hydroxylation sites is 1. The van der Waals surface area contributed by atoms with Gasteiger partial charge >= 0.3 is 0 Å². The number of rotatable bonds is 5. The molecule has 0 fully saturated rings. The zero-order valence-electron chi connectivity index (χ0n) is 33.2. The number of hydrogen-bond acceptors (Lipinski definition) is 3. The highest BCUT2D eigenvalue weighted by Gasteiger charge is 2.37. The molecule has 2 aliphatic rings. The molecule has 0 spiro atoms. The molecular weight excluding hydrogens is 765 g/mol. The summed E-state index contributed by atoms with van der Waals surface area (Å²) >= 11 is 3.80. The maximum Gasteiger partial charge on any atom is 0.0715 e. The predicted molar refractivity (Wildman–Crippen MR) is 253 cm³/mol. The fourth-order valence-electron chi connectivity index (χ4n) is 9.38. The van der Waals surface area contributed by atoms with Crippen LogP contribution in [0.15, 0.2) is 214 Å². The number of aromatic nitrogens is 2. The van der Waals surface area contributed by atoms with Crippen LogP contribution in [0.4, 0.5) is 0 Å². The van der Waals surface area contributed by atoms with Gasteiger partial charge < -0.3 is 4.57 Å². The molecule has 10 aromatic rings. The second-order valence-electron chi connectivity index (χ2n) is 16.4. The van der Waals surface area contributed by atoms with Gasteiger partial charge in [0, 0.05) is 52.6 Å². The molecule has 12 rings (SSSR count). The van der Waals surface area contributed by atoms with E-state index in [2.05, 4.69) is 213 Å². The van der Waals surface area contributed by atoms with Crippen LogP contribution < -0.4 is 0 Å². The fraction of sp³-hybridized carbons (Fsp3) is 0.0536. The van der Waals surface area contributed by atoms with E-state index in [9.17, 15) is 0 Å². The van der Waals surface area contributed by atoms with Gasteiger partial charge in [0.15, 0.2) is 0 Å². The largest absolute Gasteiger partial charge is 0.309 e. The normalized spacial score (nSPS) is 13.5. The number of nitrogens with zero attached hydrogens (tertiary/aromatic N) is 2. The zero-order valence-corrected chi connectivity index (χ0v) is 34.8. The van der Waals surface area contributed by atoms with Crippen molar-refractivity contribution in [1.29, 1.82) is 0 Å². The van der Waals surface area contributed by atoms with E-state index >= 15 is 0 Å². The molecule has 3 heterocycles. The van der Waals surface area contributed by atoms with Crippen molar-refractivity contribution in [2.75, 3.05) is 0 Å². The quantitative estimate of drug-likeness (QED) is 0.173. The lowest BCUT2D eigenvalue weighted by atomic mass is 9.81. The van der Waals surface area contributed by atoms with Crippen molar-refractivity contribution in [3.05, 3.63) is 205 Å². The van der Waals surface area contributed by atoms with E-state index in [0.717, 1.165) is 33.8 Å². The van der Waals surface area contributed by atoms with Crippen molar-refractivity contribution >= 4 is 45.3 Å². The second-order valence-corrected chi connectivity index (χ2v) is 18.5. The lowest BCUT2D eigenvalue weighted by Gasteiger charge is -2.24. The Morgan fingerprint density at radius 3 is 1.67 bits per heavy atom. The molecule has 284 valence electrons. The number of fused-ring (bicyclic) bond motifs is 8. The summed E-state index contributed by atoms with van der Waals surface area (Å²) in [6.45, 7) is 4.78. The maximum absolute atomic E-state index is 5.19. The third-order valence-corrected chi connectivity index (χ3v) is 15.0. The summed E-state index contributed by atoms with van der Waals surface area (Å²) in [5.74, 6) is 0. The van der Waals surface area contributed by atoms with Gasteiger partial charge in [0.25, 0.3) is 0 Å². The standard InChI is InChI=1S/C56H38N2S2/c1-56(2)46-30-39(23-27-42(46)44-33-54-55(34-47(44)56)60-53-20-12-11-19-52(53)59-54)38-24-28-51-45(29-38)43-17-9-10-18-50(43)58(51)41-25-21-37(22-26-41)49-32-40(35-13-5-3-6-14-35)31-48(57-49)36-15-7-4-8-16-36/h3-34H,1-2H3. The molecule has 0 unspecified atom stereocenters. The first-order valence-corrected chi connectivity index (χ1v) is 22.2. The molecule has 0 atom stereocenters. The van der Waals surface area contributed by atoms with Crippen LogP contribution in [0.3, 0.4) is 0 Å². The molecule has 0 amide bonds. The Balaban J connectivity index is 0.913. The molecule has 4 heteroatoms. The first-order valence-electron chi connectivity index (χ1n) is 20.5. The second kappa shape index (κ2) is 13.7. The van der Waals surface area contributed by atoms with Crippen molar-refractivity contribution in [3.8, 4) is 61.6 Å². The van der Waals surface area contributed by atoms with Gasteiger partial charge in [-0.3, -0.25) is 0 Å². The van der Waals surface area contributed by atoms with E-state index < -0.39 is 0 Å². The van der Waals surface area contributed by atoms with Crippen LogP contribution in [0.1, 0.15) is 25.0 Å². The van der Waals surface area contributed by atoms with Gasteiger partial charge in [0.2, 0.25) is 0 Å². The molecule has 2 aromatic heterocycles. The lowest BCUT2D eigenvalue weighted by molar-refractivity contribution is 0.658. The number of pyridine rings is 1. The molecule has 1 aliphatic heterocycles. The van der Waals surface area contributed by atoms with Crippen LogP contribution in [0, 0.1) is 0 Å². The summed E-state index contributed by atoms with van der Waals surface area (Å²) in [7, 11) is 0. The Labute approximate surface area is 358 Å². The Morgan fingerprint density at radius 1 is 0.383 bits per heavy atom. The van der Waals surface area contributed by atoms with Crippen molar-refractivity contribution in [2.45, 2.75) is 38.8 Å². The van der Waals surface area contributed by atoms with Crippen LogP contribution in [-0.4, -0.2) is 9.55 Å². The van der Waals surface area contributed by atoms with E-state index in [0.29, 0.717) is 0 Å². The lowest BCUT2D eigenvalue weighted by Crippen LogP contribution is -2.15. The Kier molecular flexibility index (Phi) is 8.10. The Hall–Kier alpha value is -6.59. The highest BCUT2D eigenvalue weighted by Crippen LogP contribution is 2.56. The van der Waals surface area contributed by atoms with Gasteiger partial charge in [0.05, 0.1) is 22.4 Å². The van der Waals surface area contributed by atoms with E-state index in [1.165, 1.54) is 80.3 Å². The van der Waals surface area contributed by atoms with E-state index in [1.807, 2.05) is 23.5 Å². The molecule has 0 saturated heterocycles. The molecular formula is C56H38N2S2. The Morgan fingerprint density at radius 2 is 0.933 bits per heavy atom. The van der Waals surface area contributed by atoms with Crippen LogP contribution in [0.2, 0.25) is 0 Å². The average molecular weight is 803 g/mol. The van der Waals surface area contributed by atoms with E-state index in [4.69, 9.17) is 4.98 Å². The highest BCUT2D eigenvalue weighted by atomic mass is 32.2. The van der Waals surface area contributed by atoms with E-state index in [1.54, 1.807) is 0 Å². The van der Waals surface area contributed by atoms with Gasteiger partial charge in [0.1, 0.15) is 0 Å². The van der Waals surface area contributed by atoms with Gasteiger partial charge in [-0.2, -0.15) is 0 Å². The molecule has 1 aliphatic carbocycles. The molecule has 0 N–H and O–H groups in total. The molecule has 8 aromatic carbocycles. The van der Waals surface area contributed by atoms with Crippen LogP contribution >= 0.6 is 23.5 Å². The van der Waals surface area contributed by atoms with Crippen molar-refractivity contribution < 1.29 is 0 Å². The van der Waals surface area contributed by atoms with Gasteiger partial charge in [-0.25, -0.2) is 4.98 Å². The summed E-state index contributed by atoms with van der Waals surface area (Å²) in [6, 6.07) is 71.0. The minimum absolute atomic E-state index is 0.105.